The highest BCUT2D eigenvalue weighted by Gasteiger charge is 2.22. The maximum absolute atomic E-state index is 4.51. The van der Waals surface area contributed by atoms with Crippen LogP contribution in [0.5, 0.6) is 0 Å². The van der Waals surface area contributed by atoms with E-state index in [0.29, 0.717) is 5.92 Å². The molecule has 2 aromatic heterocycles. The van der Waals surface area contributed by atoms with Gasteiger partial charge in [0, 0.05) is 32.1 Å². The minimum atomic E-state index is 0.428. The Labute approximate surface area is 176 Å². The van der Waals surface area contributed by atoms with E-state index in [1.165, 1.54) is 11.1 Å². The fraction of sp³-hybridized carbons (Fsp3) is 0.292. The van der Waals surface area contributed by atoms with E-state index in [-0.39, 0.29) is 0 Å². The van der Waals surface area contributed by atoms with Crippen molar-refractivity contribution < 1.29 is 0 Å². The van der Waals surface area contributed by atoms with E-state index in [9.17, 15) is 0 Å². The first-order valence-electron chi connectivity index (χ1n) is 10.6. The Balaban J connectivity index is 1.24. The molecule has 1 aliphatic heterocycles. The van der Waals surface area contributed by atoms with Crippen LogP contribution < -0.4 is 4.90 Å². The summed E-state index contributed by atoms with van der Waals surface area (Å²) in [4.78, 5) is 21.1. The van der Waals surface area contributed by atoms with Gasteiger partial charge in [-0.3, -0.25) is 4.90 Å². The largest absolute Gasteiger partial charge is 0.352 e. The topological polar surface area (TPSA) is 60.9 Å². The molecule has 0 spiro atoms. The predicted octanol–water partition coefficient (Wildman–Crippen LogP) is 3.70. The second-order valence-corrected chi connectivity index (χ2v) is 7.79. The fourth-order valence-electron chi connectivity index (χ4n) is 4.38. The first kappa shape index (κ1) is 18.8. The molecule has 0 saturated carbocycles. The Kier molecular flexibility index (Phi) is 5.40. The van der Waals surface area contributed by atoms with Crippen LogP contribution in [0.3, 0.4) is 0 Å². The van der Waals surface area contributed by atoms with Gasteiger partial charge in [-0.05, 0) is 24.1 Å². The minimum absolute atomic E-state index is 0.428. The van der Waals surface area contributed by atoms with Crippen molar-refractivity contribution in [1.82, 2.24) is 24.8 Å². The van der Waals surface area contributed by atoms with Crippen LogP contribution in [0.4, 0.5) is 5.82 Å². The molecule has 30 heavy (non-hydrogen) atoms. The number of hydrogen-bond acceptors (Lipinski definition) is 5. The zero-order valence-corrected chi connectivity index (χ0v) is 17.0. The summed E-state index contributed by atoms with van der Waals surface area (Å²) in [7, 11) is 0. The molecule has 1 N–H and O–H groups in total. The summed E-state index contributed by atoms with van der Waals surface area (Å²) >= 11 is 0. The van der Waals surface area contributed by atoms with Gasteiger partial charge in [-0.15, -0.1) is 0 Å². The standard InChI is InChI=1S/C24H26N6/c1-3-7-19(8-4-1)21(20-9-5-2-6-10-20)11-12-29-13-15-30(16-14-29)24-22-23(26-17-25-22)27-18-28-24/h1-10,17-18,21H,11-16H2,(H,25,26,27,28). The van der Waals surface area contributed by atoms with E-state index < -0.39 is 0 Å². The van der Waals surface area contributed by atoms with Gasteiger partial charge in [0.1, 0.15) is 11.8 Å². The highest BCUT2D eigenvalue weighted by molar-refractivity contribution is 5.82. The Morgan fingerprint density at radius 2 is 1.47 bits per heavy atom. The van der Waals surface area contributed by atoms with Crippen LogP contribution in [-0.2, 0) is 0 Å². The zero-order chi connectivity index (χ0) is 20.2. The van der Waals surface area contributed by atoms with E-state index in [2.05, 4.69) is 90.4 Å². The summed E-state index contributed by atoms with van der Waals surface area (Å²) in [6, 6.07) is 21.7. The van der Waals surface area contributed by atoms with Gasteiger partial charge in [0.25, 0.3) is 0 Å². The smallest absolute Gasteiger partial charge is 0.182 e. The summed E-state index contributed by atoms with van der Waals surface area (Å²) < 4.78 is 0. The summed E-state index contributed by atoms with van der Waals surface area (Å²) in [5, 5.41) is 0. The summed E-state index contributed by atoms with van der Waals surface area (Å²) in [6.45, 7) is 5.09. The van der Waals surface area contributed by atoms with Gasteiger partial charge in [0.2, 0.25) is 0 Å². The zero-order valence-electron chi connectivity index (χ0n) is 17.0. The number of nitrogens with one attached hydrogen (secondary N) is 1. The van der Waals surface area contributed by atoms with Crippen molar-refractivity contribution >= 4 is 17.0 Å². The molecule has 152 valence electrons. The molecule has 1 fully saturated rings. The van der Waals surface area contributed by atoms with Crippen molar-refractivity contribution in [3.05, 3.63) is 84.4 Å². The Morgan fingerprint density at radius 1 is 0.800 bits per heavy atom. The van der Waals surface area contributed by atoms with E-state index in [4.69, 9.17) is 0 Å². The van der Waals surface area contributed by atoms with E-state index in [1.54, 1.807) is 12.7 Å². The predicted molar refractivity (Wildman–Crippen MR) is 120 cm³/mol. The molecule has 1 saturated heterocycles. The molecule has 0 radical (unpaired) electrons. The third-order valence-electron chi connectivity index (χ3n) is 6.01. The Hall–Kier alpha value is -3.25. The molecule has 0 atom stereocenters. The molecule has 0 amide bonds. The molecule has 1 aliphatic rings. The van der Waals surface area contributed by atoms with E-state index in [0.717, 1.165) is 56.1 Å². The van der Waals surface area contributed by atoms with Crippen molar-refractivity contribution in [3.63, 3.8) is 0 Å². The molecule has 6 heteroatoms. The second kappa shape index (κ2) is 8.63. The molecule has 0 unspecified atom stereocenters. The number of rotatable bonds is 6. The minimum Gasteiger partial charge on any atom is -0.352 e. The van der Waals surface area contributed by atoms with Gasteiger partial charge < -0.3 is 9.88 Å². The maximum atomic E-state index is 4.51. The first-order valence-corrected chi connectivity index (χ1v) is 10.6. The maximum Gasteiger partial charge on any atom is 0.182 e. The highest BCUT2D eigenvalue weighted by atomic mass is 15.3. The normalized spacial score (nSPS) is 15.2. The lowest BCUT2D eigenvalue weighted by atomic mass is 9.88. The number of aromatic nitrogens is 4. The number of H-pyrrole nitrogens is 1. The van der Waals surface area contributed by atoms with E-state index in [1.807, 2.05) is 0 Å². The van der Waals surface area contributed by atoms with Crippen LogP contribution in [0.2, 0.25) is 0 Å². The Bertz CT molecular complexity index is 1030. The van der Waals surface area contributed by atoms with Gasteiger partial charge in [-0.25, -0.2) is 15.0 Å². The number of fused-ring (bicyclic) bond motifs is 1. The SMILES string of the molecule is c1ccc(C(CCN2CCN(c3ncnc4nc[nH]c34)CC2)c2ccccc2)cc1. The molecule has 3 heterocycles. The van der Waals surface area contributed by atoms with Crippen LogP contribution in [0.1, 0.15) is 23.5 Å². The first-order chi connectivity index (χ1) is 14.9. The van der Waals surface area contributed by atoms with Crippen molar-refractivity contribution in [1.29, 1.82) is 0 Å². The number of benzene rings is 2. The number of piperazine rings is 1. The van der Waals surface area contributed by atoms with Gasteiger partial charge >= 0.3 is 0 Å². The lowest BCUT2D eigenvalue weighted by molar-refractivity contribution is 0.251. The van der Waals surface area contributed by atoms with Crippen LogP contribution in [0.25, 0.3) is 11.2 Å². The van der Waals surface area contributed by atoms with Gasteiger partial charge in [-0.1, -0.05) is 60.7 Å². The molecule has 2 aromatic carbocycles. The number of nitrogens with zero attached hydrogens (tertiary/aromatic N) is 5. The number of anilines is 1. The number of imidazole rings is 1. The monoisotopic (exact) mass is 398 g/mol. The molecular formula is C24H26N6. The van der Waals surface area contributed by atoms with Crippen LogP contribution in [-0.4, -0.2) is 57.6 Å². The lowest BCUT2D eigenvalue weighted by Crippen LogP contribution is -2.47. The van der Waals surface area contributed by atoms with Crippen LogP contribution in [0.15, 0.2) is 73.3 Å². The average molecular weight is 399 g/mol. The van der Waals surface area contributed by atoms with Crippen LogP contribution in [0, 0.1) is 0 Å². The van der Waals surface area contributed by atoms with Crippen molar-refractivity contribution in [2.75, 3.05) is 37.6 Å². The van der Waals surface area contributed by atoms with E-state index >= 15 is 0 Å². The second-order valence-electron chi connectivity index (χ2n) is 7.79. The van der Waals surface area contributed by atoms with Crippen molar-refractivity contribution in [2.45, 2.75) is 12.3 Å². The Morgan fingerprint density at radius 3 is 2.13 bits per heavy atom. The molecule has 4 aromatic rings. The highest BCUT2D eigenvalue weighted by Crippen LogP contribution is 2.28. The third kappa shape index (κ3) is 3.91. The average Bonchev–Trinajstić information content (AvgIpc) is 3.30. The quantitative estimate of drug-likeness (QED) is 0.537. The van der Waals surface area contributed by atoms with Crippen LogP contribution >= 0.6 is 0 Å². The summed E-state index contributed by atoms with van der Waals surface area (Å²) in [6.07, 6.45) is 4.41. The molecule has 0 aliphatic carbocycles. The van der Waals surface area contributed by atoms with Gasteiger partial charge in [0.05, 0.1) is 6.33 Å². The molecular weight excluding hydrogens is 372 g/mol. The van der Waals surface area contributed by atoms with Crippen molar-refractivity contribution in [2.24, 2.45) is 0 Å². The summed E-state index contributed by atoms with van der Waals surface area (Å²) in [5.74, 6) is 1.39. The van der Waals surface area contributed by atoms with Gasteiger partial charge in [-0.2, -0.15) is 0 Å². The lowest BCUT2D eigenvalue weighted by Gasteiger charge is -2.36. The number of hydrogen-bond donors (Lipinski definition) is 1. The molecule has 0 bridgehead atoms. The molecule has 6 nitrogen and oxygen atoms in total. The number of aromatic amines is 1. The molecule has 5 rings (SSSR count). The third-order valence-corrected chi connectivity index (χ3v) is 6.01. The van der Waals surface area contributed by atoms with Gasteiger partial charge in [0.15, 0.2) is 11.5 Å². The fourth-order valence-corrected chi connectivity index (χ4v) is 4.38. The van der Waals surface area contributed by atoms with Crippen molar-refractivity contribution in [3.8, 4) is 0 Å². The summed E-state index contributed by atoms with van der Waals surface area (Å²) in [5.41, 5.74) is 4.45.